The molecule has 0 unspecified atom stereocenters. The van der Waals surface area contributed by atoms with Gasteiger partial charge < -0.3 is 0 Å². The van der Waals surface area contributed by atoms with Crippen molar-refractivity contribution in [2.24, 2.45) is 0 Å². The lowest BCUT2D eigenvalue weighted by Crippen LogP contribution is -2.27. The van der Waals surface area contributed by atoms with Crippen LogP contribution in [0.3, 0.4) is 0 Å². The second kappa shape index (κ2) is 3.90. The fraction of sp³-hybridized carbons (Fsp3) is 0.0909. The summed E-state index contributed by atoms with van der Waals surface area (Å²) in [5.41, 5.74) is 1.02. The molecular formula is C11H10N2OS. The molecule has 1 saturated heterocycles. The summed E-state index contributed by atoms with van der Waals surface area (Å²) in [7, 11) is 0. The van der Waals surface area contributed by atoms with Crippen molar-refractivity contribution in [2.45, 2.75) is 6.54 Å². The van der Waals surface area contributed by atoms with Crippen LogP contribution in [0.1, 0.15) is 5.56 Å². The highest BCUT2D eigenvalue weighted by molar-refractivity contribution is 8.18. The molecule has 1 aromatic carbocycles. The highest BCUT2D eigenvalue weighted by Crippen LogP contribution is 2.29. The minimum absolute atomic E-state index is 0.158. The molecule has 1 heterocycles. The van der Waals surface area contributed by atoms with Crippen LogP contribution >= 0.6 is 11.8 Å². The first-order valence-electron chi connectivity index (χ1n) is 4.49. The number of rotatable bonds is 2. The Morgan fingerprint density at radius 1 is 1.33 bits per heavy atom. The summed E-state index contributed by atoms with van der Waals surface area (Å²) in [6, 6.07) is 9.63. The van der Waals surface area contributed by atoms with Crippen LogP contribution in [0.2, 0.25) is 0 Å². The number of benzene rings is 1. The van der Waals surface area contributed by atoms with Crippen molar-refractivity contribution in [3.05, 3.63) is 47.4 Å². The van der Waals surface area contributed by atoms with E-state index in [1.54, 1.807) is 0 Å². The van der Waals surface area contributed by atoms with Crippen molar-refractivity contribution in [3.8, 4) is 0 Å². The third-order valence-electron chi connectivity index (χ3n) is 2.13. The van der Waals surface area contributed by atoms with E-state index < -0.39 is 0 Å². The number of nitrogens with one attached hydrogen (secondary N) is 1. The Hall–Kier alpha value is -1.55. The average molecular weight is 218 g/mol. The van der Waals surface area contributed by atoms with Gasteiger partial charge in [-0.25, -0.2) is 0 Å². The lowest BCUT2D eigenvalue weighted by atomic mass is 10.2. The molecule has 0 aliphatic carbocycles. The predicted molar refractivity (Wildman–Crippen MR) is 61.4 cm³/mol. The van der Waals surface area contributed by atoms with E-state index in [1.165, 1.54) is 4.90 Å². The normalized spacial score (nSPS) is 16.3. The molecule has 1 N–H and O–H groups in total. The summed E-state index contributed by atoms with van der Waals surface area (Å²) >= 11 is 1.12. The van der Waals surface area contributed by atoms with Crippen LogP contribution in [0, 0.1) is 5.41 Å². The van der Waals surface area contributed by atoms with Crippen molar-refractivity contribution in [2.75, 3.05) is 0 Å². The van der Waals surface area contributed by atoms with E-state index in [1.807, 2.05) is 30.3 Å². The van der Waals surface area contributed by atoms with E-state index in [0.717, 1.165) is 17.3 Å². The number of thioether (sulfide) groups is 1. The molecule has 0 bridgehead atoms. The summed E-state index contributed by atoms with van der Waals surface area (Å²) in [4.78, 5) is 13.4. The van der Waals surface area contributed by atoms with Crippen LogP contribution in [-0.2, 0) is 11.3 Å². The van der Waals surface area contributed by atoms with Gasteiger partial charge in [0.1, 0.15) is 0 Å². The Labute approximate surface area is 92.3 Å². The van der Waals surface area contributed by atoms with Gasteiger partial charge in [0.15, 0.2) is 5.17 Å². The molecule has 0 spiro atoms. The Morgan fingerprint density at radius 2 is 2.00 bits per heavy atom. The molecule has 1 aliphatic rings. The number of hydrogen-bond acceptors (Lipinski definition) is 3. The molecule has 4 heteroatoms. The Bertz CT molecular complexity index is 427. The van der Waals surface area contributed by atoms with Gasteiger partial charge in [-0.15, -0.1) is 0 Å². The van der Waals surface area contributed by atoms with Gasteiger partial charge in [0.25, 0.3) is 5.91 Å². The quantitative estimate of drug-likeness (QED) is 0.773. The summed E-state index contributed by atoms with van der Waals surface area (Å²) in [5, 5.41) is 7.88. The Morgan fingerprint density at radius 3 is 2.53 bits per heavy atom. The first-order chi connectivity index (χ1) is 7.18. The van der Waals surface area contributed by atoms with Gasteiger partial charge in [0, 0.05) is 0 Å². The van der Waals surface area contributed by atoms with Gasteiger partial charge in [0.2, 0.25) is 0 Å². The predicted octanol–water partition coefficient (Wildman–Crippen LogP) is 2.21. The zero-order valence-electron chi connectivity index (χ0n) is 8.06. The fourth-order valence-corrected chi connectivity index (χ4v) is 2.06. The lowest BCUT2D eigenvalue weighted by molar-refractivity contribution is -0.122. The molecule has 15 heavy (non-hydrogen) atoms. The molecule has 1 fully saturated rings. The van der Waals surface area contributed by atoms with Gasteiger partial charge in [-0.05, 0) is 17.3 Å². The minimum Gasteiger partial charge on any atom is -0.282 e. The number of hydrogen-bond donors (Lipinski definition) is 1. The van der Waals surface area contributed by atoms with Crippen molar-refractivity contribution < 1.29 is 4.79 Å². The standard InChI is InChI=1S/C11H10N2OS/c1-8-10(14)13(11(12)15-8)7-9-5-3-2-4-6-9/h2-6,12H,1,7H2. The molecule has 2 rings (SSSR count). The maximum absolute atomic E-state index is 11.6. The number of carbonyl (C=O) groups excluding carboxylic acids is 1. The highest BCUT2D eigenvalue weighted by atomic mass is 32.2. The molecular weight excluding hydrogens is 208 g/mol. The number of amidine groups is 1. The first kappa shape index (κ1) is 9.98. The smallest absolute Gasteiger partial charge is 0.266 e. The molecule has 1 aromatic rings. The maximum atomic E-state index is 11.6. The second-order valence-corrected chi connectivity index (χ2v) is 4.29. The molecule has 0 radical (unpaired) electrons. The second-order valence-electron chi connectivity index (χ2n) is 3.21. The molecule has 0 saturated carbocycles. The molecule has 0 aromatic heterocycles. The maximum Gasteiger partial charge on any atom is 0.266 e. The minimum atomic E-state index is -0.158. The monoisotopic (exact) mass is 218 g/mol. The van der Waals surface area contributed by atoms with Crippen LogP contribution in [0.25, 0.3) is 0 Å². The third-order valence-corrected chi connectivity index (χ3v) is 2.97. The van der Waals surface area contributed by atoms with E-state index in [0.29, 0.717) is 11.4 Å². The van der Waals surface area contributed by atoms with Crippen molar-refractivity contribution >= 4 is 22.8 Å². The Balaban J connectivity index is 2.16. The zero-order valence-corrected chi connectivity index (χ0v) is 8.88. The third kappa shape index (κ3) is 1.94. The van der Waals surface area contributed by atoms with Crippen molar-refractivity contribution in [3.63, 3.8) is 0 Å². The number of amides is 1. The van der Waals surface area contributed by atoms with Gasteiger partial charge in [-0.2, -0.15) is 0 Å². The van der Waals surface area contributed by atoms with Crippen LogP contribution in [0.5, 0.6) is 0 Å². The molecule has 1 amide bonds. The number of carbonyl (C=O) groups is 1. The summed E-state index contributed by atoms with van der Waals surface area (Å²) in [6.07, 6.45) is 0. The zero-order chi connectivity index (χ0) is 10.8. The molecule has 3 nitrogen and oxygen atoms in total. The van der Waals surface area contributed by atoms with Crippen LogP contribution in [0.4, 0.5) is 0 Å². The van der Waals surface area contributed by atoms with E-state index in [9.17, 15) is 4.79 Å². The fourth-order valence-electron chi connectivity index (χ4n) is 1.37. The van der Waals surface area contributed by atoms with Crippen molar-refractivity contribution in [1.29, 1.82) is 5.41 Å². The van der Waals surface area contributed by atoms with Gasteiger partial charge in [0.05, 0.1) is 11.4 Å². The molecule has 0 atom stereocenters. The summed E-state index contributed by atoms with van der Waals surface area (Å²) < 4.78 is 0. The first-order valence-corrected chi connectivity index (χ1v) is 5.31. The van der Waals surface area contributed by atoms with Gasteiger partial charge in [-0.3, -0.25) is 15.1 Å². The summed E-state index contributed by atoms with van der Waals surface area (Å²) in [6.45, 7) is 4.06. The van der Waals surface area contributed by atoms with Crippen LogP contribution < -0.4 is 0 Å². The van der Waals surface area contributed by atoms with E-state index >= 15 is 0 Å². The van der Waals surface area contributed by atoms with Crippen molar-refractivity contribution in [1.82, 2.24) is 4.90 Å². The SMILES string of the molecule is C=C1SC(=N)N(Cc2ccccc2)C1=O. The topological polar surface area (TPSA) is 44.2 Å². The van der Waals surface area contributed by atoms with Gasteiger partial charge in [-0.1, -0.05) is 36.9 Å². The largest absolute Gasteiger partial charge is 0.282 e. The van der Waals surface area contributed by atoms with E-state index in [-0.39, 0.29) is 11.1 Å². The molecule has 76 valence electrons. The Kier molecular flexibility index (Phi) is 2.60. The van der Waals surface area contributed by atoms with Crippen LogP contribution in [-0.4, -0.2) is 16.0 Å². The highest BCUT2D eigenvalue weighted by Gasteiger charge is 2.30. The average Bonchev–Trinajstić information content (AvgIpc) is 2.47. The van der Waals surface area contributed by atoms with E-state index in [4.69, 9.17) is 5.41 Å². The lowest BCUT2D eigenvalue weighted by Gasteiger charge is -2.13. The molecule has 1 aliphatic heterocycles. The van der Waals surface area contributed by atoms with E-state index in [2.05, 4.69) is 6.58 Å². The van der Waals surface area contributed by atoms with Crippen LogP contribution in [0.15, 0.2) is 41.8 Å². The summed E-state index contributed by atoms with van der Waals surface area (Å²) in [5.74, 6) is -0.158. The van der Waals surface area contributed by atoms with Gasteiger partial charge >= 0.3 is 0 Å². The number of nitrogens with zero attached hydrogens (tertiary/aromatic N) is 1.